The van der Waals surface area contributed by atoms with Gasteiger partial charge in [-0.05, 0) is 13.3 Å². The molecule has 0 rings (SSSR count). The highest BCUT2D eigenvalue weighted by molar-refractivity contribution is 6.03. The van der Waals surface area contributed by atoms with Crippen LogP contribution >= 0.6 is 0 Å². The standard InChI is InChI=1S/C8H14N2O3/c1-3-4-9-8(13)10-7(12)5-6(2)11/h3-5H2,1-2H3,(H2,9,10,12,13). The lowest BCUT2D eigenvalue weighted by Crippen LogP contribution is -2.40. The van der Waals surface area contributed by atoms with E-state index in [0.717, 1.165) is 6.42 Å². The molecule has 13 heavy (non-hydrogen) atoms. The maximum atomic E-state index is 10.8. The Bertz CT molecular complexity index is 213. The van der Waals surface area contributed by atoms with Crippen molar-refractivity contribution in [3.05, 3.63) is 0 Å². The third-order valence-electron chi connectivity index (χ3n) is 1.20. The summed E-state index contributed by atoms with van der Waals surface area (Å²) in [6, 6.07) is -0.548. The van der Waals surface area contributed by atoms with Crippen LogP contribution in [0.5, 0.6) is 0 Å². The van der Waals surface area contributed by atoms with Crippen molar-refractivity contribution in [2.75, 3.05) is 6.54 Å². The van der Waals surface area contributed by atoms with Gasteiger partial charge in [0.1, 0.15) is 5.78 Å². The fourth-order valence-corrected chi connectivity index (χ4v) is 0.680. The van der Waals surface area contributed by atoms with Crippen molar-refractivity contribution in [3.8, 4) is 0 Å². The van der Waals surface area contributed by atoms with Gasteiger partial charge in [-0.1, -0.05) is 6.92 Å². The van der Waals surface area contributed by atoms with Gasteiger partial charge < -0.3 is 5.32 Å². The lowest BCUT2D eigenvalue weighted by molar-refractivity contribution is -0.126. The molecule has 0 atom stereocenters. The topological polar surface area (TPSA) is 75.3 Å². The molecule has 0 unspecified atom stereocenters. The molecule has 0 aromatic heterocycles. The molecule has 0 heterocycles. The number of carbonyl (C=O) groups excluding carboxylic acids is 3. The number of hydrogen-bond acceptors (Lipinski definition) is 3. The van der Waals surface area contributed by atoms with Gasteiger partial charge in [0.15, 0.2) is 0 Å². The fourth-order valence-electron chi connectivity index (χ4n) is 0.680. The zero-order valence-corrected chi connectivity index (χ0v) is 7.85. The molecule has 0 aromatic carbocycles. The van der Waals surface area contributed by atoms with Crippen LogP contribution in [0.1, 0.15) is 26.7 Å². The van der Waals surface area contributed by atoms with Gasteiger partial charge >= 0.3 is 6.03 Å². The first kappa shape index (κ1) is 11.6. The SMILES string of the molecule is CCCNC(=O)NC(=O)CC(C)=O. The highest BCUT2D eigenvalue weighted by atomic mass is 16.2. The molecule has 0 radical (unpaired) electrons. The zero-order chi connectivity index (χ0) is 10.3. The third-order valence-corrected chi connectivity index (χ3v) is 1.20. The first-order valence-corrected chi connectivity index (χ1v) is 4.13. The van der Waals surface area contributed by atoms with Crippen LogP contribution in [0.4, 0.5) is 4.79 Å². The highest BCUT2D eigenvalue weighted by Gasteiger charge is 2.08. The molecule has 5 heteroatoms. The molecule has 0 saturated heterocycles. The van der Waals surface area contributed by atoms with Crippen LogP contribution in [0, 0.1) is 0 Å². The normalized spacial score (nSPS) is 9.08. The predicted octanol–water partition coefficient (Wildman–Crippen LogP) is 0.201. The fraction of sp³-hybridized carbons (Fsp3) is 0.625. The van der Waals surface area contributed by atoms with E-state index in [4.69, 9.17) is 0 Å². The van der Waals surface area contributed by atoms with E-state index in [-0.39, 0.29) is 12.2 Å². The minimum atomic E-state index is -0.568. The molecule has 0 aliphatic heterocycles. The average Bonchev–Trinajstić information content (AvgIpc) is 1.98. The van der Waals surface area contributed by atoms with Crippen LogP contribution in [-0.4, -0.2) is 24.3 Å². The van der Waals surface area contributed by atoms with Crippen molar-refractivity contribution in [2.24, 2.45) is 0 Å². The van der Waals surface area contributed by atoms with Crippen molar-refractivity contribution >= 4 is 17.7 Å². The molecule has 0 aliphatic rings. The average molecular weight is 186 g/mol. The highest BCUT2D eigenvalue weighted by Crippen LogP contribution is 1.81. The molecule has 74 valence electrons. The van der Waals surface area contributed by atoms with Crippen LogP contribution in [0.3, 0.4) is 0 Å². The Morgan fingerprint density at radius 3 is 2.31 bits per heavy atom. The summed E-state index contributed by atoms with van der Waals surface area (Å²) in [5, 5.41) is 4.49. The Kier molecular flexibility index (Phi) is 5.50. The van der Waals surface area contributed by atoms with Gasteiger partial charge in [-0.15, -0.1) is 0 Å². The molecule has 0 aromatic rings. The smallest absolute Gasteiger partial charge is 0.321 e. The van der Waals surface area contributed by atoms with Crippen molar-refractivity contribution in [1.29, 1.82) is 0 Å². The summed E-state index contributed by atoms with van der Waals surface area (Å²) < 4.78 is 0. The van der Waals surface area contributed by atoms with Crippen molar-refractivity contribution in [2.45, 2.75) is 26.7 Å². The molecular weight excluding hydrogens is 172 g/mol. The van der Waals surface area contributed by atoms with Gasteiger partial charge in [0, 0.05) is 6.54 Å². The van der Waals surface area contributed by atoms with E-state index in [1.165, 1.54) is 6.92 Å². The van der Waals surface area contributed by atoms with Crippen LogP contribution < -0.4 is 10.6 Å². The maximum absolute atomic E-state index is 10.8. The van der Waals surface area contributed by atoms with Crippen molar-refractivity contribution < 1.29 is 14.4 Å². The van der Waals surface area contributed by atoms with Crippen LogP contribution in [0.2, 0.25) is 0 Å². The number of nitrogens with one attached hydrogen (secondary N) is 2. The second-order valence-corrected chi connectivity index (χ2v) is 2.68. The number of carbonyl (C=O) groups is 3. The Morgan fingerprint density at radius 2 is 1.85 bits per heavy atom. The number of rotatable bonds is 4. The molecule has 0 aliphatic carbocycles. The van der Waals surface area contributed by atoms with Gasteiger partial charge in [0.05, 0.1) is 6.42 Å². The van der Waals surface area contributed by atoms with Gasteiger partial charge in [-0.3, -0.25) is 14.9 Å². The summed E-state index contributed by atoms with van der Waals surface area (Å²) in [6.07, 6.45) is 0.549. The first-order valence-electron chi connectivity index (χ1n) is 4.13. The zero-order valence-electron chi connectivity index (χ0n) is 7.85. The van der Waals surface area contributed by atoms with Crippen molar-refractivity contribution in [3.63, 3.8) is 0 Å². The number of Topliss-reactive ketones (excluding diaryl/α,β-unsaturated/α-hetero) is 1. The summed E-state index contributed by atoms with van der Waals surface area (Å²) >= 11 is 0. The summed E-state index contributed by atoms with van der Waals surface area (Å²) in [7, 11) is 0. The Morgan fingerprint density at radius 1 is 1.23 bits per heavy atom. The monoisotopic (exact) mass is 186 g/mol. The molecule has 5 nitrogen and oxygen atoms in total. The number of urea groups is 1. The Hall–Kier alpha value is -1.39. The van der Waals surface area contributed by atoms with E-state index >= 15 is 0 Å². The van der Waals surface area contributed by atoms with E-state index in [2.05, 4.69) is 5.32 Å². The van der Waals surface area contributed by atoms with Gasteiger partial charge in [-0.25, -0.2) is 4.79 Å². The summed E-state index contributed by atoms with van der Waals surface area (Å²) in [4.78, 5) is 32.1. The van der Waals surface area contributed by atoms with Crippen LogP contribution in [0.25, 0.3) is 0 Å². The second kappa shape index (κ2) is 6.16. The van der Waals surface area contributed by atoms with E-state index in [0.29, 0.717) is 6.54 Å². The quantitative estimate of drug-likeness (QED) is 0.616. The van der Waals surface area contributed by atoms with E-state index in [1.54, 1.807) is 0 Å². The number of ketones is 1. The van der Waals surface area contributed by atoms with Crippen LogP contribution in [-0.2, 0) is 9.59 Å². The van der Waals surface area contributed by atoms with Gasteiger partial charge in [0.25, 0.3) is 0 Å². The maximum Gasteiger partial charge on any atom is 0.321 e. The second-order valence-electron chi connectivity index (χ2n) is 2.68. The molecular formula is C8H14N2O3. The number of imide groups is 1. The minimum absolute atomic E-state index is 0.250. The number of amides is 3. The third kappa shape index (κ3) is 6.99. The van der Waals surface area contributed by atoms with E-state index in [1.807, 2.05) is 12.2 Å². The van der Waals surface area contributed by atoms with Gasteiger partial charge in [-0.2, -0.15) is 0 Å². The van der Waals surface area contributed by atoms with Crippen LogP contribution in [0.15, 0.2) is 0 Å². The minimum Gasteiger partial charge on any atom is -0.338 e. The number of hydrogen-bond donors (Lipinski definition) is 2. The summed E-state index contributed by atoms with van der Waals surface area (Å²) in [6.45, 7) is 3.71. The molecule has 3 amide bonds. The lowest BCUT2D eigenvalue weighted by atomic mass is 10.3. The molecule has 2 N–H and O–H groups in total. The molecule has 0 bridgehead atoms. The largest absolute Gasteiger partial charge is 0.338 e. The van der Waals surface area contributed by atoms with E-state index in [9.17, 15) is 14.4 Å². The van der Waals surface area contributed by atoms with Gasteiger partial charge in [0.2, 0.25) is 5.91 Å². The summed E-state index contributed by atoms with van der Waals surface area (Å²) in [5.41, 5.74) is 0. The predicted molar refractivity (Wildman–Crippen MR) is 47.1 cm³/mol. The molecule has 0 fully saturated rings. The molecule has 0 spiro atoms. The van der Waals surface area contributed by atoms with Crippen molar-refractivity contribution in [1.82, 2.24) is 10.6 Å². The molecule has 0 saturated carbocycles. The summed E-state index contributed by atoms with van der Waals surface area (Å²) in [5.74, 6) is -0.832. The first-order chi connectivity index (χ1) is 6.06. The lowest BCUT2D eigenvalue weighted by Gasteiger charge is -2.03. The van der Waals surface area contributed by atoms with E-state index < -0.39 is 11.9 Å². The Labute approximate surface area is 76.9 Å². The Balaban J connectivity index is 3.65.